The average Bonchev–Trinajstić information content (AvgIpc) is 2.96. The molecule has 2 aliphatic heterocycles. The molecule has 0 aromatic carbocycles. The number of piperidine rings is 1. The predicted octanol–water partition coefficient (Wildman–Crippen LogP) is 2.52. The molecular weight excluding hydrogens is 262 g/mol. The Labute approximate surface area is 120 Å². The Bertz CT molecular complexity index is 420. The standard InChI is InChI=1S/C14H21N3O.ClH/c1-2-9(1)7-13-16-14(18-17-13)8-10-5-11-3-4-12(6-10)15-11;/h9-12,15H,1-8H2;1H. The minimum Gasteiger partial charge on any atom is -0.339 e. The number of hydrogen-bond donors (Lipinski definition) is 1. The van der Waals surface area contributed by atoms with Crippen LogP contribution >= 0.6 is 12.4 Å². The van der Waals surface area contributed by atoms with E-state index in [-0.39, 0.29) is 12.4 Å². The van der Waals surface area contributed by atoms with Crippen molar-refractivity contribution in [1.82, 2.24) is 15.5 Å². The molecule has 0 amide bonds. The van der Waals surface area contributed by atoms with Gasteiger partial charge < -0.3 is 9.84 Å². The lowest BCUT2D eigenvalue weighted by atomic mass is 9.90. The van der Waals surface area contributed by atoms with Crippen LogP contribution < -0.4 is 5.32 Å². The van der Waals surface area contributed by atoms with Crippen molar-refractivity contribution in [2.75, 3.05) is 0 Å². The van der Waals surface area contributed by atoms with Gasteiger partial charge in [0.2, 0.25) is 5.89 Å². The summed E-state index contributed by atoms with van der Waals surface area (Å²) in [5, 5.41) is 7.79. The SMILES string of the molecule is C1CC1Cc1noc(CC2CC3CCC(C2)N3)n1.Cl. The molecule has 2 bridgehead atoms. The van der Waals surface area contributed by atoms with E-state index < -0.39 is 0 Å². The van der Waals surface area contributed by atoms with E-state index in [0.29, 0.717) is 0 Å². The Balaban J connectivity index is 0.00000110. The minimum atomic E-state index is 0. The first kappa shape index (κ1) is 13.4. The van der Waals surface area contributed by atoms with Crippen LogP contribution in [0.15, 0.2) is 4.52 Å². The van der Waals surface area contributed by atoms with Crippen molar-refractivity contribution in [3.63, 3.8) is 0 Å². The summed E-state index contributed by atoms with van der Waals surface area (Å²) in [7, 11) is 0. The van der Waals surface area contributed by atoms with E-state index in [1.54, 1.807) is 0 Å². The molecule has 3 heterocycles. The zero-order valence-corrected chi connectivity index (χ0v) is 12.0. The molecule has 2 saturated heterocycles. The molecule has 19 heavy (non-hydrogen) atoms. The van der Waals surface area contributed by atoms with Crippen molar-refractivity contribution in [3.8, 4) is 0 Å². The second-order valence-electron chi connectivity index (χ2n) is 6.43. The third-order valence-corrected chi connectivity index (χ3v) is 4.71. The average molecular weight is 284 g/mol. The van der Waals surface area contributed by atoms with Gasteiger partial charge in [-0.15, -0.1) is 12.4 Å². The number of halogens is 1. The van der Waals surface area contributed by atoms with Crippen LogP contribution in [0.4, 0.5) is 0 Å². The molecule has 4 rings (SSSR count). The van der Waals surface area contributed by atoms with Gasteiger partial charge in [0.25, 0.3) is 0 Å². The maximum Gasteiger partial charge on any atom is 0.226 e. The van der Waals surface area contributed by atoms with Gasteiger partial charge in [0, 0.05) is 24.9 Å². The Morgan fingerprint density at radius 1 is 1.00 bits per heavy atom. The molecule has 3 aliphatic rings. The third-order valence-electron chi connectivity index (χ3n) is 4.71. The fraction of sp³-hybridized carbons (Fsp3) is 0.857. The van der Waals surface area contributed by atoms with Crippen molar-refractivity contribution in [2.45, 2.75) is 63.5 Å². The van der Waals surface area contributed by atoms with Crippen molar-refractivity contribution in [1.29, 1.82) is 0 Å². The summed E-state index contributed by atoms with van der Waals surface area (Å²) < 4.78 is 5.41. The van der Waals surface area contributed by atoms with E-state index in [1.807, 2.05) is 0 Å². The number of nitrogens with zero attached hydrogens (tertiary/aromatic N) is 2. The van der Waals surface area contributed by atoms with Crippen LogP contribution in [0.25, 0.3) is 0 Å². The molecular formula is C14H22ClN3O. The Kier molecular flexibility index (Phi) is 3.81. The fourth-order valence-electron chi connectivity index (χ4n) is 3.62. The molecule has 2 atom stereocenters. The minimum absolute atomic E-state index is 0. The molecule has 4 nitrogen and oxygen atoms in total. The number of rotatable bonds is 4. The Hall–Kier alpha value is -0.610. The van der Waals surface area contributed by atoms with E-state index in [9.17, 15) is 0 Å². The van der Waals surface area contributed by atoms with Gasteiger partial charge >= 0.3 is 0 Å². The lowest BCUT2D eigenvalue weighted by molar-refractivity contribution is 0.270. The Morgan fingerprint density at radius 3 is 2.42 bits per heavy atom. The van der Waals surface area contributed by atoms with Gasteiger partial charge in [-0.1, -0.05) is 5.16 Å². The molecule has 1 aliphatic carbocycles. The van der Waals surface area contributed by atoms with Gasteiger partial charge in [0.15, 0.2) is 5.82 Å². The first-order chi connectivity index (χ1) is 8.85. The van der Waals surface area contributed by atoms with Gasteiger partial charge in [-0.3, -0.25) is 0 Å². The summed E-state index contributed by atoms with van der Waals surface area (Å²) in [4.78, 5) is 4.56. The van der Waals surface area contributed by atoms with Crippen molar-refractivity contribution >= 4 is 12.4 Å². The van der Waals surface area contributed by atoms with E-state index in [4.69, 9.17) is 4.52 Å². The predicted molar refractivity (Wildman–Crippen MR) is 74.3 cm³/mol. The molecule has 2 unspecified atom stereocenters. The highest BCUT2D eigenvalue weighted by molar-refractivity contribution is 5.85. The van der Waals surface area contributed by atoms with Gasteiger partial charge in [-0.05, 0) is 50.4 Å². The summed E-state index contributed by atoms with van der Waals surface area (Å²) in [5.41, 5.74) is 0. The lowest BCUT2D eigenvalue weighted by Crippen LogP contribution is -2.38. The summed E-state index contributed by atoms with van der Waals surface area (Å²) >= 11 is 0. The molecule has 0 spiro atoms. The van der Waals surface area contributed by atoms with Crippen LogP contribution in [0.5, 0.6) is 0 Å². The molecule has 106 valence electrons. The first-order valence-corrected chi connectivity index (χ1v) is 7.42. The van der Waals surface area contributed by atoms with Crippen molar-refractivity contribution in [3.05, 3.63) is 11.7 Å². The zero-order chi connectivity index (χ0) is 11.9. The smallest absolute Gasteiger partial charge is 0.226 e. The molecule has 1 N–H and O–H groups in total. The van der Waals surface area contributed by atoms with E-state index in [2.05, 4.69) is 15.5 Å². The lowest BCUT2D eigenvalue weighted by Gasteiger charge is -2.28. The third kappa shape index (κ3) is 3.11. The quantitative estimate of drug-likeness (QED) is 0.922. The summed E-state index contributed by atoms with van der Waals surface area (Å²) in [5.74, 6) is 3.39. The zero-order valence-electron chi connectivity index (χ0n) is 11.2. The largest absolute Gasteiger partial charge is 0.339 e. The highest BCUT2D eigenvalue weighted by atomic mass is 35.5. The highest BCUT2D eigenvalue weighted by Gasteiger charge is 2.34. The normalized spacial score (nSPS) is 33.2. The van der Waals surface area contributed by atoms with Gasteiger partial charge in [-0.2, -0.15) is 4.98 Å². The van der Waals surface area contributed by atoms with E-state index >= 15 is 0 Å². The van der Waals surface area contributed by atoms with Crippen LogP contribution in [-0.4, -0.2) is 22.2 Å². The summed E-state index contributed by atoms with van der Waals surface area (Å²) in [6.07, 6.45) is 10.0. The van der Waals surface area contributed by atoms with Gasteiger partial charge in [0.1, 0.15) is 0 Å². The molecule has 1 saturated carbocycles. The first-order valence-electron chi connectivity index (χ1n) is 7.42. The van der Waals surface area contributed by atoms with E-state index in [0.717, 1.165) is 48.5 Å². The highest BCUT2D eigenvalue weighted by Crippen LogP contribution is 2.33. The van der Waals surface area contributed by atoms with Crippen molar-refractivity contribution < 1.29 is 4.52 Å². The molecule has 1 aromatic rings. The van der Waals surface area contributed by atoms with Crippen molar-refractivity contribution in [2.24, 2.45) is 11.8 Å². The van der Waals surface area contributed by atoms with Crippen LogP contribution in [0.3, 0.4) is 0 Å². The maximum absolute atomic E-state index is 5.41. The topological polar surface area (TPSA) is 51.0 Å². The molecule has 0 radical (unpaired) electrons. The van der Waals surface area contributed by atoms with E-state index in [1.165, 1.54) is 38.5 Å². The van der Waals surface area contributed by atoms with Crippen LogP contribution in [0.1, 0.15) is 50.2 Å². The van der Waals surface area contributed by atoms with Crippen LogP contribution in [0, 0.1) is 11.8 Å². The van der Waals surface area contributed by atoms with Gasteiger partial charge in [0.05, 0.1) is 0 Å². The summed E-state index contributed by atoms with van der Waals surface area (Å²) in [6, 6.07) is 1.50. The maximum atomic E-state index is 5.41. The number of nitrogens with one attached hydrogen (secondary N) is 1. The van der Waals surface area contributed by atoms with Gasteiger partial charge in [-0.25, -0.2) is 0 Å². The monoisotopic (exact) mass is 283 g/mol. The van der Waals surface area contributed by atoms with Crippen LogP contribution in [0.2, 0.25) is 0 Å². The Morgan fingerprint density at radius 2 is 1.74 bits per heavy atom. The number of aromatic nitrogens is 2. The second kappa shape index (κ2) is 5.41. The van der Waals surface area contributed by atoms with Crippen LogP contribution in [-0.2, 0) is 12.8 Å². The molecule has 1 aromatic heterocycles. The second-order valence-corrected chi connectivity index (χ2v) is 6.43. The number of hydrogen-bond acceptors (Lipinski definition) is 4. The number of fused-ring (bicyclic) bond motifs is 2. The molecule has 3 fully saturated rings. The fourth-order valence-corrected chi connectivity index (χ4v) is 3.62. The summed E-state index contributed by atoms with van der Waals surface area (Å²) in [6.45, 7) is 0. The molecule has 5 heteroatoms.